The number of carbonyl (C=O) groups excluding carboxylic acids is 2. The molecule has 2 aliphatic rings. The molecule has 1 fully saturated rings. The molecule has 1 atom stereocenters. The number of primary amides is 1. The number of nitrogens with one attached hydrogen (secondary N) is 1. The highest BCUT2D eigenvalue weighted by molar-refractivity contribution is 7.98. The number of nitrogens with zero attached hydrogens (tertiary/aromatic N) is 3. The first-order valence-electron chi connectivity index (χ1n) is 12.2. The molecule has 3 N–H and O–H groups in total. The molecular weight excluding hydrogens is 502 g/mol. The zero-order valence-corrected chi connectivity index (χ0v) is 21.2. The molecule has 9 nitrogen and oxygen atoms in total. The van der Waals surface area contributed by atoms with Gasteiger partial charge in [0.2, 0.25) is 0 Å². The van der Waals surface area contributed by atoms with E-state index in [9.17, 15) is 9.59 Å². The summed E-state index contributed by atoms with van der Waals surface area (Å²) < 4.78 is 13.1. The summed E-state index contributed by atoms with van der Waals surface area (Å²) in [4.78, 5) is 32.0. The minimum absolute atomic E-state index is 0.195. The molecule has 192 valence electrons. The fourth-order valence-electron chi connectivity index (χ4n) is 4.86. The van der Waals surface area contributed by atoms with Gasteiger partial charge in [-0.2, -0.15) is 5.10 Å². The minimum Gasteiger partial charge on any atom is -0.365 e. The first-order valence-corrected chi connectivity index (χ1v) is 13.2. The third kappa shape index (κ3) is 4.36. The van der Waals surface area contributed by atoms with Crippen molar-refractivity contribution in [2.75, 3.05) is 13.2 Å². The van der Waals surface area contributed by atoms with E-state index in [4.69, 9.17) is 20.3 Å². The molecule has 0 spiro atoms. The Hall–Kier alpha value is -3.99. The van der Waals surface area contributed by atoms with Crippen LogP contribution in [-0.4, -0.2) is 51.6 Å². The number of pyridine rings is 1. The topological polar surface area (TPSA) is 121 Å². The fourth-order valence-corrected chi connectivity index (χ4v) is 5.88. The van der Waals surface area contributed by atoms with E-state index in [0.717, 1.165) is 28.1 Å². The smallest absolute Gasteiger partial charge is 0.280 e. The van der Waals surface area contributed by atoms with Crippen molar-refractivity contribution in [3.63, 3.8) is 0 Å². The van der Waals surface area contributed by atoms with Crippen molar-refractivity contribution >= 4 is 23.6 Å². The van der Waals surface area contributed by atoms with Gasteiger partial charge in [-0.3, -0.25) is 9.59 Å². The highest BCUT2D eigenvalue weighted by Gasteiger charge is 2.51. The average molecular weight is 528 g/mol. The van der Waals surface area contributed by atoms with E-state index in [1.165, 1.54) is 4.90 Å². The maximum atomic E-state index is 13.7. The second-order valence-electron chi connectivity index (χ2n) is 9.05. The molecule has 0 bridgehead atoms. The van der Waals surface area contributed by atoms with Crippen molar-refractivity contribution in [3.8, 4) is 17.1 Å². The molecule has 1 unspecified atom stereocenters. The van der Waals surface area contributed by atoms with Gasteiger partial charge in [0.1, 0.15) is 0 Å². The predicted octanol–water partition coefficient (Wildman–Crippen LogP) is 3.11. The van der Waals surface area contributed by atoms with Crippen LogP contribution in [0.25, 0.3) is 17.1 Å². The third-order valence-corrected chi connectivity index (χ3v) is 7.79. The number of nitrogens with two attached hydrogens (primary N) is 1. The Morgan fingerprint density at radius 1 is 1.05 bits per heavy atom. The van der Waals surface area contributed by atoms with E-state index in [1.807, 2.05) is 54.7 Å². The molecule has 4 heterocycles. The van der Waals surface area contributed by atoms with Crippen LogP contribution in [0.15, 0.2) is 84.0 Å². The van der Waals surface area contributed by atoms with Crippen LogP contribution < -0.4 is 11.1 Å². The van der Waals surface area contributed by atoms with Crippen molar-refractivity contribution in [3.05, 3.63) is 95.8 Å². The maximum absolute atomic E-state index is 13.7. The normalized spacial score (nSPS) is 16.3. The monoisotopic (exact) mass is 527 g/mol. The highest BCUT2D eigenvalue weighted by Crippen LogP contribution is 2.40. The van der Waals surface area contributed by atoms with E-state index < -0.39 is 23.6 Å². The van der Waals surface area contributed by atoms with E-state index in [-0.39, 0.29) is 19.6 Å². The lowest BCUT2D eigenvalue weighted by atomic mass is 9.97. The van der Waals surface area contributed by atoms with Crippen LogP contribution in [0.1, 0.15) is 21.5 Å². The van der Waals surface area contributed by atoms with Gasteiger partial charge in [-0.15, -0.1) is 11.8 Å². The molecule has 2 aromatic heterocycles. The van der Waals surface area contributed by atoms with Gasteiger partial charge in [-0.1, -0.05) is 48.5 Å². The molecule has 0 aliphatic carbocycles. The molecule has 4 aromatic rings. The number of amides is 2. The number of fused-ring (bicyclic) bond motifs is 3. The van der Waals surface area contributed by atoms with Gasteiger partial charge in [-0.25, -0.2) is 9.67 Å². The van der Waals surface area contributed by atoms with Gasteiger partial charge >= 0.3 is 0 Å². The van der Waals surface area contributed by atoms with Crippen molar-refractivity contribution in [2.45, 2.75) is 28.9 Å². The summed E-state index contributed by atoms with van der Waals surface area (Å²) in [6, 6.07) is 20.1. The number of ether oxygens (including phenoxy) is 2. The largest absolute Gasteiger partial charge is 0.365 e. The molecule has 10 heteroatoms. The summed E-state index contributed by atoms with van der Waals surface area (Å²) in [5, 5.41) is 7.77. The molecule has 2 aliphatic heterocycles. The van der Waals surface area contributed by atoms with Gasteiger partial charge in [0.25, 0.3) is 17.6 Å². The summed E-state index contributed by atoms with van der Waals surface area (Å²) in [7, 11) is 0. The van der Waals surface area contributed by atoms with Gasteiger partial charge in [0, 0.05) is 34.2 Å². The quantitative estimate of drug-likeness (QED) is 0.379. The molecule has 1 saturated heterocycles. The SMILES string of the molecule is NC(=O)C1(C(Cc2ccccc2)NC(=O)c2cccnc2-n2cc3c(n2)-c2ccccc2SC3)OCCO1. The molecule has 0 radical (unpaired) electrons. The first kappa shape index (κ1) is 24.4. The zero-order valence-electron chi connectivity index (χ0n) is 20.4. The van der Waals surface area contributed by atoms with E-state index >= 15 is 0 Å². The Labute approximate surface area is 223 Å². The standard InChI is InChI=1S/C28H25N5O4S/c29-27(35)28(36-13-14-37-28)23(15-18-7-2-1-3-8-18)31-26(34)21-10-6-12-30-25(21)33-16-19-17-38-22-11-5-4-9-20(22)24(19)32-33/h1-12,16,23H,13-15,17H2,(H2,29,35)(H,31,34). The van der Waals surface area contributed by atoms with Crippen molar-refractivity contribution in [1.29, 1.82) is 0 Å². The highest BCUT2D eigenvalue weighted by atomic mass is 32.2. The molecule has 0 saturated carbocycles. The summed E-state index contributed by atoms with van der Waals surface area (Å²) in [6.45, 7) is 0.390. The minimum atomic E-state index is -1.78. The third-order valence-electron chi connectivity index (χ3n) is 6.67. The number of benzene rings is 2. The second-order valence-corrected chi connectivity index (χ2v) is 10.1. The Balaban J connectivity index is 1.35. The van der Waals surface area contributed by atoms with Gasteiger partial charge in [0.05, 0.1) is 30.5 Å². The van der Waals surface area contributed by atoms with Crippen LogP contribution in [0.4, 0.5) is 0 Å². The number of rotatable bonds is 7. The number of carbonyl (C=O) groups is 2. The van der Waals surface area contributed by atoms with E-state index in [1.54, 1.807) is 34.8 Å². The predicted molar refractivity (Wildman–Crippen MR) is 142 cm³/mol. The lowest BCUT2D eigenvalue weighted by Gasteiger charge is -2.33. The summed E-state index contributed by atoms with van der Waals surface area (Å²) in [5.41, 5.74) is 9.93. The molecule has 6 rings (SSSR count). The van der Waals surface area contributed by atoms with Gasteiger partial charge in [0.15, 0.2) is 5.82 Å². The Kier molecular flexibility index (Phi) is 6.44. The van der Waals surface area contributed by atoms with Crippen molar-refractivity contribution in [1.82, 2.24) is 20.1 Å². The van der Waals surface area contributed by atoms with Crippen LogP contribution in [0.3, 0.4) is 0 Å². The van der Waals surface area contributed by atoms with Crippen molar-refractivity contribution < 1.29 is 19.1 Å². The van der Waals surface area contributed by atoms with Crippen LogP contribution in [0.2, 0.25) is 0 Å². The van der Waals surface area contributed by atoms with E-state index in [2.05, 4.69) is 16.4 Å². The molecule has 2 amide bonds. The Bertz CT molecular complexity index is 1500. The number of hydrogen-bond donors (Lipinski definition) is 2. The van der Waals surface area contributed by atoms with Crippen LogP contribution >= 0.6 is 11.8 Å². The van der Waals surface area contributed by atoms with Crippen LogP contribution in [0, 0.1) is 0 Å². The zero-order chi connectivity index (χ0) is 26.1. The lowest BCUT2D eigenvalue weighted by molar-refractivity contribution is -0.189. The summed E-state index contributed by atoms with van der Waals surface area (Å²) >= 11 is 1.75. The number of hydrogen-bond acceptors (Lipinski definition) is 7. The first-order chi connectivity index (χ1) is 18.5. The van der Waals surface area contributed by atoms with Crippen LogP contribution in [-0.2, 0) is 26.4 Å². The van der Waals surface area contributed by atoms with Gasteiger partial charge < -0.3 is 20.5 Å². The summed E-state index contributed by atoms with van der Waals surface area (Å²) in [5.74, 6) is -1.87. The van der Waals surface area contributed by atoms with Crippen molar-refractivity contribution in [2.24, 2.45) is 5.73 Å². The Morgan fingerprint density at radius 2 is 1.82 bits per heavy atom. The average Bonchev–Trinajstić information content (AvgIpc) is 3.62. The van der Waals surface area contributed by atoms with E-state index in [0.29, 0.717) is 11.4 Å². The Morgan fingerprint density at radius 3 is 2.61 bits per heavy atom. The number of aromatic nitrogens is 3. The fraction of sp³-hybridized carbons (Fsp3) is 0.214. The number of thioether (sulfide) groups is 1. The molecule has 38 heavy (non-hydrogen) atoms. The molecular formula is C28H25N5O4S. The maximum Gasteiger partial charge on any atom is 0.280 e. The second kappa shape index (κ2) is 10.1. The summed E-state index contributed by atoms with van der Waals surface area (Å²) in [6.07, 6.45) is 3.80. The van der Waals surface area contributed by atoms with Gasteiger partial charge in [-0.05, 0) is 30.2 Å². The molecule has 2 aromatic carbocycles. The van der Waals surface area contributed by atoms with Crippen LogP contribution in [0.5, 0.6) is 0 Å². The lowest BCUT2D eigenvalue weighted by Crippen LogP contribution is -2.61.